The number of amides is 2. The van der Waals surface area contributed by atoms with Gasteiger partial charge in [-0.25, -0.2) is 4.98 Å². The minimum absolute atomic E-state index is 0.00110. The summed E-state index contributed by atoms with van der Waals surface area (Å²) < 4.78 is 0. The van der Waals surface area contributed by atoms with Gasteiger partial charge < -0.3 is 20.9 Å². The van der Waals surface area contributed by atoms with Gasteiger partial charge in [0, 0.05) is 47.2 Å². The number of piperazine rings is 1. The van der Waals surface area contributed by atoms with Crippen LogP contribution >= 0.6 is 0 Å². The van der Waals surface area contributed by atoms with Crippen LogP contribution in [0.3, 0.4) is 0 Å². The van der Waals surface area contributed by atoms with Gasteiger partial charge in [0.15, 0.2) is 0 Å². The molecule has 0 saturated carbocycles. The first kappa shape index (κ1) is 20.2. The van der Waals surface area contributed by atoms with Crippen molar-refractivity contribution in [2.75, 3.05) is 13.1 Å². The molecule has 162 valence electrons. The van der Waals surface area contributed by atoms with Gasteiger partial charge in [-0.1, -0.05) is 30.3 Å². The fraction of sp³-hybridized carbons (Fsp3) is 0.240. The van der Waals surface area contributed by atoms with Gasteiger partial charge in [0.1, 0.15) is 0 Å². The Hall–Kier alpha value is -3.71. The quantitative estimate of drug-likeness (QED) is 0.467. The van der Waals surface area contributed by atoms with E-state index < -0.39 is 5.91 Å². The van der Waals surface area contributed by atoms with E-state index in [0.717, 1.165) is 16.5 Å². The average molecular weight is 428 g/mol. The number of fused-ring (bicyclic) bond motifs is 3. The summed E-state index contributed by atoms with van der Waals surface area (Å²) in [5, 5.41) is 4.29. The Labute approximate surface area is 185 Å². The van der Waals surface area contributed by atoms with Crippen LogP contribution in [0.25, 0.3) is 33.2 Å². The molecular weight excluding hydrogens is 402 g/mol. The summed E-state index contributed by atoms with van der Waals surface area (Å²) in [7, 11) is 0. The van der Waals surface area contributed by atoms with Crippen molar-refractivity contribution >= 4 is 33.8 Å². The third-order valence-electron chi connectivity index (χ3n) is 5.98. The summed E-state index contributed by atoms with van der Waals surface area (Å²) in [6.07, 6.45) is 0. The standard InChI is InChI=1S/C25H25N5O2/c1-14-12-30(13-15(2)27-14)25(32)17-8-9-18-21(10-17)29-23-19(24(26)31)11-20(28-22(18)23)16-6-4-3-5-7-16/h3-11,14-15,27,29H,12-13H2,1-2H3,(H2,26,31)/t14-,15+. The predicted molar refractivity (Wildman–Crippen MR) is 126 cm³/mol. The van der Waals surface area contributed by atoms with Gasteiger partial charge in [0.2, 0.25) is 0 Å². The van der Waals surface area contributed by atoms with Crippen molar-refractivity contribution in [2.24, 2.45) is 5.73 Å². The molecule has 1 aliphatic heterocycles. The fourth-order valence-corrected chi connectivity index (χ4v) is 4.61. The molecule has 0 unspecified atom stereocenters. The number of hydrogen-bond acceptors (Lipinski definition) is 4. The molecule has 7 nitrogen and oxygen atoms in total. The topological polar surface area (TPSA) is 104 Å². The highest BCUT2D eigenvalue weighted by Gasteiger charge is 2.26. The normalized spacial score (nSPS) is 18.9. The molecule has 7 heteroatoms. The Bertz CT molecular complexity index is 1330. The van der Waals surface area contributed by atoms with Crippen molar-refractivity contribution in [1.82, 2.24) is 20.2 Å². The van der Waals surface area contributed by atoms with Crippen LogP contribution in [0, 0.1) is 0 Å². The summed E-state index contributed by atoms with van der Waals surface area (Å²) in [6, 6.07) is 17.4. The second kappa shape index (κ2) is 7.76. The number of nitrogens with two attached hydrogens (primary N) is 1. The molecule has 1 saturated heterocycles. The number of pyridine rings is 1. The number of benzene rings is 2. The molecule has 0 bridgehead atoms. The minimum atomic E-state index is -0.527. The number of nitrogens with zero attached hydrogens (tertiary/aromatic N) is 2. The number of primary amides is 1. The maximum absolute atomic E-state index is 13.2. The number of hydrogen-bond donors (Lipinski definition) is 3. The Balaban J connectivity index is 1.61. The van der Waals surface area contributed by atoms with Crippen LogP contribution in [-0.2, 0) is 0 Å². The first-order valence-corrected chi connectivity index (χ1v) is 10.8. The van der Waals surface area contributed by atoms with Crippen molar-refractivity contribution < 1.29 is 9.59 Å². The second-order valence-electron chi connectivity index (χ2n) is 8.57. The first-order chi connectivity index (χ1) is 15.4. The van der Waals surface area contributed by atoms with E-state index in [0.29, 0.717) is 40.9 Å². The number of rotatable bonds is 3. The van der Waals surface area contributed by atoms with Crippen molar-refractivity contribution in [1.29, 1.82) is 0 Å². The van der Waals surface area contributed by atoms with Crippen molar-refractivity contribution in [3.63, 3.8) is 0 Å². The van der Waals surface area contributed by atoms with Gasteiger partial charge in [0.05, 0.1) is 22.3 Å². The van der Waals surface area contributed by atoms with Crippen LogP contribution in [0.15, 0.2) is 54.6 Å². The predicted octanol–water partition coefficient (Wildman–Crippen LogP) is 3.30. The first-order valence-electron chi connectivity index (χ1n) is 10.8. The number of nitrogens with one attached hydrogen (secondary N) is 2. The summed E-state index contributed by atoms with van der Waals surface area (Å²) in [6.45, 7) is 5.50. The van der Waals surface area contributed by atoms with Crippen LogP contribution in [0.1, 0.15) is 34.6 Å². The molecule has 4 N–H and O–H groups in total. The van der Waals surface area contributed by atoms with E-state index in [1.54, 1.807) is 6.07 Å². The lowest BCUT2D eigenvalue weighted by Crippen LogP contribution is -2.55. The molecule has 0 spiro atoms. The number of aromatic amines is 1. The highest BCUT2D eigenvalue weighted by atomic mass is 16.2. The third kappa shape index (κ3) is 3.50. The Morgan fingerprint density at radius 3 is 2.44 bits per heavy atom. The van der Waals surface area contributed by atoms with Gasteiger partial charge >= 0.3 is 0 Å². The smallest absolute Gasteiger partial charge is 0.254 e. The number of aromatic nitrogens is 2. The molecule has 3 heterocycles. The van der Waals surface area contributed by atoms with Crippen LogP contribution in [-0.4, -0.2) is 51.9 Å². The maximum atomic E-state index is 13.2. The Morgan fingerprint density at radius 1 is 1.03 bits per heavy atom. The molecule has 32 heavy (non-hydrogen) atoms. The van der Waals surface area contributed by atoms with E-state index in [2.05, 4.69) is 24.1 Å². The number of H-pyrrole nitrogens is 1. The summed E-state index contributed by atoms with van der Waals surface area (Å²) >= 11 is 0. The molecular formula is C25H25N5O2. The van der Waals surface area contributed by atoms with E-state index in [1.807, 2.05) is 53.4 Å². The highest BCUT2D eigenvalue weighted by Crippen LogP contribution is 2.31. The zero-order valence-corrected chi connectivity index (χ0v) is 18.1. The SMILES string of the molecule is C[C@@H]1CN(C(=O)c2ccc3c(c2)[nH]c2c(C(N)=O)cc(-c4ccccc4)nc23)C[C@H](C)N1. The average Bonchev–Trinajstić information content (AvgIpc) is 3.15. The van der Waals surface area contributed by atoms with Gasteiger partial charge in [-0.2, -0.15) is 0 Å². The summed E-state index contributed by atoms with van der Waals surface area (Å²) in [5.41, 5.74) is 10.3. The van der Waals surface area contributed by atoms with Crippen LogP contribution < -0.4 is 11.1 Å². The van der Waals surface area contributed by atoms with E-state index in [-0.39, 0.29) is 18.0 Å². The molecule has 2 aromatic carbocycles. The van der Waals surface area contributed by atoms with E-state index in [1.165, 1.54) is 0 Å². The van der Waals surface area contributed by atoms with E-state index >= 15 is 0 Å². The van der Waals surface area contributed by atoms with Gasteiger partial charge in [-0.15, -0.1) is 0 Å². The molecule has 0 aliphatic carbocycles. The zero-order valence-electron chi connectivity index (χ0n) is 18.1. The lowest BCUT2D eigenvalue weighted by Gasteiger charge is -2.36. The molecule has 4 aromatic rings. The van der Waals surface area contributed by atoms with Crippen molar-refractivity contribution in [3.8, 4) is 11.3 Å². The Morgan fingerprint density at radius 2 is 1.75 bits per heavy atom. The van der Waals surface area contributed by atoms with Crippen molar-refractivity contribution in [2.45, 2.75) is 25.9 Å². The fourth-order valence-electron chi connectivity index (χ4n) is 4.61. The molecule has 0 radical (unpaired) electrons. The molecule has 2 aromatic heterocycles. The Kier molecular flexibility index (Phi) is 4.90. The van der Waals surface area contributed by atoms with E-state index in [9.17, 15) is 9.59 Å². The molecule has 2 amide bonds. The van der Waals surface area contributed by atoms with Crippen LogP contribution in [0.4, 0.5) is 0 Å². The lowest BCUT2D eigenvalue weighted by atomic mass is 10.1. The number of carbonyl (C=O) groups is 2. The van der Waals surface area contributed by atoms with Gasteiger partial charge in [-0.05, 0) is 38.1 Å². The summed E-state index contributed by atoms with van der Waals surface area (Å²) in [5.74, 6) is -0.528. The monoisotopic (exact) mass is 427 g/mol. The van der Waals surface area contributed by atoms with Gasteiger partial charge in [-0.3, -0.25) is 9.59 Å². The summed E-state index contributed by atoms with van der Waals surface area (Å²) in [4.78, 5) is 35.4. The van der Waals surface area contributed by atoms with Crippen LogP contribution in [0.2, 0.25) is 0 Å². The lowest BCUT2D eigenvalue weighted by molar-refractivity contribution is 0.0674. The number of carbonyl (C=O) groups excluding carboxylic acids is 2. The molecule has 1 fully saturated rings. The van der Waals surface area contributed by atoms with Crippen LogP contribution in [0.5, 0.6) is 0 Å². The van der Waals surface area contributed by atoms with E-state index in [4.69, 9.17) is 10.7 Å². The molecule has 2 atom stereocenters. The van der Waals surface area contributed by atoms with Crippen molar-refractivity contribution in [3.05, 3.63) is 65.7 Å². The largest absolute Gasteiger partial charge is 0.366 e. The molecule has 5 rings (SSSR count). The maximum Gasteiger partial charge on any atom is 0.254 e. The highest BCUT2D eigenvalue weighted by molar-refractivity contribution is 6.14. The molecule has 1 aliphatic rings. The zero-order chi connectivity index (χ0) is 22.4. The minimum Gasteiger partial charge on any atom is -0.366 e. The third-order valence-corrected chi connectivity index (χ3v) is 5.98. The van der Waals surface area contributed by atoms with Gasteiger partial charge in [0.25, 0.3) is 11.8 Å². The second-order valence-corrected chi connectivity index (χ2v) is 8.57.